The van der Waals surface area contributed by atoms with Crippen molar-refractivity contribution in [2.45, 2.75) is 96.4 Å². The van der Waals surface area contributed by atoms with E-state index in [0.717, 1.165) is 59.5 Å². The maximum Gasteiger partial charge on any atom is 0.373 e. The average molecular weight is 564 g/mol. The summed E-state index contributed by atoms with van der Waals surface area (Å²) in [6.07, 6.45) is 13.7. The molecule has 2 aliphatic rings. The lowest BCUT2D eigenvalue weighted by Crippen LogP contribution is -2.34. The molecule has 1 atom stereocenters. The van der Waals surface area contributed by atoms with E-state index in [1.54, 1.807) is 6.33 Å². The van der Waals surface area contributed by atoms with Gasteiger partial charge >= 0.3 is 6.15 Å². The number of nitrogens with one attached hydrogen (secondary N) is 1. The molecule has 214 valence electrons. The predicted molar refractivity (Wildman–Crippen MR) is 155 cm³/mol. The molecule has 0 aliphatic heterocycles. The predicted octanol–water partition coefficient (Wildman–Crippen LogP) is 5.88. The van der Waals surface area contributed by atoms with Crippen LogP contribution in [0.25, 0.3) is 22.3 Å². The molecule has 2 aliphatic carbocycles. The van der Waals surface area contributed by atoms with Crippen molar-refractivity contribution in [1.29, 1.82) is 5.26 Å². The van der Waals surface area contributed by atoms with Crippen molar-refractivity contribution in [3.05, 3.63) is 24.8 Å². The number of anilines is 1. The van der Waals surface area contributed by atoms with Gasteiger partial charge in [-0.1, -0.05) is 39.4 Å². The van der Waals surface area contributed by atoms with E-state index in [0.29, 0.717) is 25.1 Å². The van der Waals surface area contributed by atoms with Crippen LogP contribution in [0, 0.1) is 23.2 Å². The summed E-state index contributed by atoms with van der Waals surface area (Å²) >= 11 is 0. The number of fused-ring (bicyclic) bond motifs is 1. The zero-order valence-electron chi connectivity index (χ0n) is 24.1. The van der Waals surface area contributed by atoms with Crippen molar-refractivity contribution in [3.63, 3.8) is 0 Å². The van der Waals surface area contributed by atoms with Crippen molar-refractivity contribution in [2.24, 2.45) is 11.8 Å². The fraction of sp³-hybridized carbons (Fsp3) is 0.621. The molecule has 3 heterocycles. The Labute approximate surface area is 237 Å². The second kappa shape index (κ2) is 13.4. The Balaban J connectivity index is 0.00000118. The van der Waals surface area contributed by atoms with Crippen molar-refractivity contribution in [3.8, 4) is 17.3 Å². The minimum atomic E-state index is -1.13. The number of nitrogens with zero attached hydrogens (tertiary/aromatic N) is 6. The lowest BCUT2D eigenvalue weighted by molar-refractivity contribution is -0.191. The summed E-state index contributed by atoms with van der Waals surface area (Å²) in [6.45, 7) is 10.7. The molecule has 10 nitrogen and oxygen atoms in total. The first kappa shape index (κ1) is 29.7. The zero-order chi connectivity index (χ0) is 28.7. The third-order valence-corrected chi connectivity index (χ3v) is 9.77. The van der Waals surface area contributed by atoms with E-state index >= 15 is 0 Å². The summed E-state index contributed by atoms with van der Waals surface area (Å²) in [4.78, 5) is 25.6. The van der Waals surface area contributed by atoms with E-state index in [-0.39, 0.29) is 12.2 Å². The molecule has 1 unspecified atom stereocenters. The highest BCUT2D eigenvalue weighted by Gasteiger charge is 2.31. The lowest BCUT2D eigenvalue weighted by atomic mass is 9.82. The fourth-order valence-corrected chi connectivity index (χ4v) is 6.59. The minimum Gasteiger partial charge on any atom is -0.365 e. The van der Waals surface area contributed by atoms with Crippen LogP contribution in [0.1, 0.15) is 57.9 Å². The Kier molecular flexibility index (Phi) is 9.90. The first-order valence-electron chi connectivity index (χ1n) is 14.3. The topological polar surface area (TPSA) is 128 Å². The Morgan fingerprint density at radius 1 is 1.20 bits per heavy atom. The molecule has 0 saturated heterocycles. The SMILES string of the molecule is CC1CC(Nc2nn(C(CC#N)C3CCCC3)cc2-c2ncnc3c2ccn3COCC[Si](C)(C)C)C1.O=C=O. The van der Waals surface area contributed by atoms with E-state index in [1.807, 2.05) is 6.20 Å². The van der Waals surface area contributed by atoms with E-state index in [4.69, 9.17) is 24.4 Å². The summed E-state index contributed by atoms with van der Waals surface area (Å²) in [5.74, 6) is 2.12. The molecule has 3 aromatic rings. The van der Waals surface area contributed by atoms with Crippen molar-refractivity contribution >= 4 is 31.1 Å². The van der Waals surface area contributed by atoms with E-state index in [1.165, 1.54) is 25.7 Å². The summed E-state index contributed by atoms with van der Waals surface area (Å²) in [5, 5.41) is 19.4. The second-order valence-corrected chi connectivity index (χ2v) is 18.1. The van der Waals surface area contributed by atoms with Crippen LogP contribution in [0.4, 0.5) is 5.82 Å². The average Bonchev–Trinajstić information content (AvgIpc) is 3.65. The molecular formula is C29H41N7O3Si. The molecule has 40 heavy (non-hydrogen) atoms. The second-order valence-electron chi connectivity index (χ2n) is 12.4. The lowest BCUT2D eigenvalue weighted by Gasteiger charge is -2.33. The minimum absolute atomic E-state index is 0.101. The summed E-state index contributed by atoms with van der Waals surface area (Å²) in [5.41, 5.74) is 2.75. The molecule has 0 radical (unpaired) electrons. The molecule has 11 heteroatoms. The molecule has 3 aromatic heterocycles. The third-order valence-electron chi connectivity index (χ3n) is 8.07. The van der Waals surface area contributed by atoms with Gasteiger partial charge in [-0.2, -0.15) is 19.9 Å². The Bertz CT molecular complexity index is 1340. The monoisotopic (exact) mass is 563 g/mol. The maximum absolute atomic E-state index is 9.61. The quantitative estimate of drug-likeness (QED) is 0.226. The van der Waals surface area contributed by atoms with Crippen molar-refractivity contribution in [2.75, 3.05) is 11.9 Å². The first-order valence-corrected chi connectivity index (χ1v) is 18.0. The van der Waals surface area contributed by atoms with Gasteiger partial charge in [0.25, 0.3) is 0 Å². The van der Waals surface area contributed by atoms with E-state index in [9.17, 15) is 5.26 Å². The van der Waals surface area contributed by atoms with Crippen LogP contribution in [0.3, 0.4) is 0 Å². The Morgan fingerprint density at radius 3 is 2.58 bits per heavy atom. The van der Waals surface area contributed by atoms with Crippen LogP contribution in [0.5, 0.6) is 0 Å². The highest BCUT2D eigenvalue weighted by Crippen LogP contribution is 2.40. The van der Waals surface area contributed by atoms with Gasteiger partial charge in [0.1, 0.15) is 18.7 Å². The highest BCUT2D eigenvalue weighted by molar-refractivity contribution is 6.76. The van der Waals surface area contributed by atoms with Gasteiger partial charge in [0.15, 0.2) is 5.82 Å². The molecule has 5 rings (SSSR count). The summed E-state index contributed by atoms with van der Waals surface area (Å²) < 4.78 is 10.1. The van der Waals surface area contributed by atoms with Crippen LogP contribution in [-0.2, 0) is 21.1 Å². The summed E-state index contributed by atoms with van der Waals surface area (Å²) in [7, 11) is -1.13. The fourth-order valence-electron chi connectivity index (χ4n) is 5.83. The van der Waals surface area contributed by atoms with Crippen LogP contribution in [0.15, 0.2) is 24.8 Å². The number of hydrogen-bond acceptors (Lipinski definition) is 8. The zero-order valence-corrected chi connectivity index (χ0v) is 25.1. The smallest absolute Gasteiger partial charge is 0.365 e. The first-order chi connectivity index (χ1) is 19.2. The Hall–Kier alpha value is -3.32. The van der Waals surface area contributed by atoms with Gasteiger partial charge in [0, 0.05) is 38.5 Å². The number of nitriles is 1. The molecule has 2 saturated carbocycles. The van der Waals surface area contributed by atoms with Crippen molar-refractivity contribution < 1.29 is 14.3 Å². The largest absolute Gasteiger partial charge is 0.373 e. The van der Waals surface area contributed by atoms with Crippen LogP contribution in [-0.4, -0.2) is 51.2 Å². The number of aromatic nitrogens is 5. The summed E-state index contributed by atoms with van der Waals surface area (Å²) in [6, 6.07) is 6.19. The van der Waals surface area contributed by atoms with Crippen LogP contribution < -0.4 is 5.32 Å². The van der Waals surface area contributed by atoms with E-state index in [2.05, 4.69) is 64.4 Å². The van der Waals surface area contributed by atoms with Gasteiger partial charge in [-0.05, 0) is 49.6 Å². The number of hydrogen-bond donors (Lipinski definition) is 1. The standard InChI is InChI=1S/C28H41N7OSi.CO2/c1-20-15-22(16-20)32-27-24(17-35(33-27)25(9-11-29)21-7-5-6-8-21)26-23-10-12-34(28(23)31-18-30-26)19-36-13-14-37(2,3)4;2-1-3/h10,12,17-18,20-22,25H,5-9,13-16,19H2,1-4H3,(H,32,33);. The normalized spacial score (nSPS) is 19.8. The van der Waals surface area contributed by atoms with Gasteiger partial charge in [-0.25, -0.2) is 9.97 Å². The molecular weight excluding hydrogens is 522 g/mol. The number of ether oxygens (including phenoxy) is 1. The molecule has 0 amide bonds. The highest BCUT2D eigenvalue weighted by atomic mass is 28.3. The van der Waals surface area contributed by atoms with Gasteiger partial charge < -0.3 is 14.6 Å². The van der Waals surface area contributed by atoms with Gasteiger partial charge in [-0.15, -0.1) is 0 Å². The third kappa shape index (κ3) is 7.25. The molecule has 1 N–H and O–H groups in total. The van der Waals surface area contributed by atoms with Gasteiger partial charge in [0.2, 0.25) is 0 Å². The molecule has 0 aromatic carbocycles. The van der Waals surface area contributed by atoms with Gasteiger partial charge in [-0.3, -0.25) is 4.68 Å². The van der Waals surface area contributed by atoms with Gasteiger partial charge in [0.05, 0.1) is 29.8 Å². The van der Waals surface area contributed by atoms with Crippen LogP contribution in [0.2, 0.25) is 25.7 Å². The number of rotatable bonds is 11. The molecule has 0 bridgehead atoms. The maximum atomic E-state index is 9.61. The Morgan fingerprint density at radius 2 is 1.93 bits per heavy atom. The number of carbonyl (C=O) groups excluding carboxylic acids is 2. The molecule has 0 spiro atoms. The van der Waals surface area contributed by atoms with Crippen LogP contribution >= 0.6 is 0 Å². The van der Waals surface area contributed by atoms with E-state index < -0.39 is 8.07 Å². The molecule has 2 fully saturated rings. The van der Waals surface area contributed by atoms with Crippen molar-refractivity contribution in [1.82, 2.24) is 24.3 Å².